The molecular weight excluding hydrogens is 350 g/mol. The van der Waals surface area contributed by atoms with E-state index in [0.29, 0.717) is 21.9 Å². The van der Waals surface area contributed by atoms with Crippen LogP contribution in [0.5, 0.6) is 0 Å². The van der Waals surface area contributed by atoms with Crippen molar-refractivity contribution in [3.8, 4) is 0 Å². The quantitative estimate of drug-likeness (QED) is 0.542. The van der Waals surface area contributed by atoms with Crippen LogP contribution in [0.1, 0.15) is 27.4 Å². The second kappa shape index (κ2) is 9.36. The van der Waals surface area contributed by atoms with Crippen molar-refractivity contribution in [3.63, 3.8) is 0 Å². The fourth-order valence-electron chi connectivity index (χ4n) is 2.08. The van der Waals surface area contributed by atoms with Crippen LogP contribution in [-0.4, -0.2) is 42.3 Å². The maximum Gasteiger partial charge on any atom is 0.269 e. The molecule has 5 nitrogen and oxygen atoms in total. The van der Waals surface area contributed by atoms with Gasteiger partial charge in [0, 0.05) is 30.2 Å². The average Bonchev–Trinajstić information content (AvgIpc) is 3.07. The van der Waals surface area contributed by atoms with E-state index in [0.717, 1.165) is 0 Å². The lowest BCUT2D eigenvalue weighted by atomic mass is 10.1. The van der Waals surface area contributed by atoms with E-state index >= 15 is 0 Å². The van der Waals surface area contributed by atoms with Gasteiger partial charge in [-0.15, -0.1) is 23.5 Å². The van der Waals surface area contributed by atoms with Crippen LogP contribution in [0.15, 0.2) is 24.3 Å². The van der Waals surface area contributed by atoms with Crippen LogP contribution < -0.4 is 16.2 Å². The van der Waals surface area contributed by atoms with E-state index < -0.39 is 0 Å². The Kier molecular flexibility index (Phi) is 7.48. The van der Waals surface area contributed by atoms with Gasteiger partial charge in [0.1, 0.15) is 0 Å². The van der Waals surface area contributed by atoms with E-state index in [2.05, 4.69) is 16.2 Å². The number of amides is 1. The normalized spacial score (nSPS) is 15.9. The van der Waals surface area contributed by atoms with Crippen LogP contribution in [0, 0.1) is 0 Å². The van der Waals surface area contributed by atoms with Gasteiger partial charge in [0.05, 0.1) is 11.2 Å². The van der Waals surface area contributed by atoms with Gasteiger partial charge in [-0.25, -0.2) is 0 Å². The summed E-state index contributed by atoms with van der Waals surface area (Å²) in [5, 5.41) is 3.37. The number of ether oxygens (including phenoxy) is 1. The molecule has 0 aliphatic carbocycles. The average molecular weight is 372 g/mol. The minimum Gasteiger partial charge on any atom is -0.383 e. The fourth-order valence-corrected chi connectivity index (χ4v) is 5.19. The Morgan fingerprint density at radius 1 is 1.30 bits per heavy atom. The van der Waals surface area contributed by atoms with Crippen molar-refractivity contribution in [2.24, 2.45) is 0 Å². The minimum absolute atomic E-state index is 0.0672. The van der Waals surface area contributed by atoms with Gasteiger partial charge in [-0.1, -0.05) is 12.1 Å². The highest BCUT2D eigenvalue weighted by Crippen LogP contribution is 2.45. The molecule has 1 saturated heterocycles. The number of carbonyl (C=O) groups is 1. The number of hydrogen-bond donors (Lipinski definition) is 3. The second-order valence-electron chi connectivity index (χ2n) is 5.10. The summed E-state index contributed by atoms with van der Waals surface area (Å²) in [6, 6.07) is 7.79. The van der Waals surface area contributed by atoms with Crippen LogP contribution in [0.4, 0.5) is 0 Å². The van der Waals surface area contributed by atoms with Crippen molar-refractivity contribution >= 4 is 46.8 Å². The molecule has 1 heterocycles. The van der Waals surface area contributed by atoms with E-state index in [1.54, 1.807) is 7.11 Å². The largest absolute Gasteiger partial charge is 0.383 e. The van der Waals surface area contributed by atoms with E-state index in [1.807, 2.05) is 54.7 Å². The molecule has 1 aromatic rings. The topological polar surface area (TPSA) is 62.4 Å². The number of nitrogens with one attached hydrogen (secondary N) is 3. The fraction of sp³-hybridized carbons (Fsp3) is 0.467. The van der Waals surface area contributed by atoms with Crippen molar-refractivity contribution in [2.75, 3.05) is 25.2 Å². The predicted octanol–water partition coefficient (Wildman–Crippen LogP) is 2.31. The lowest BCUT2D eigenvalue weighted by molar-refractivity contribution is 0.0943. The van der Waals surface area contributed by atoms with Gasteiger partial charge in [0.2, 0.25) is 0 Å². The lowest BCUT2D eigenvalue weighted by Gasteiger charge is -2.16. The molecule has 1 atom stereocenters. The van der Waals surface area contributed by atoms with Crippen molar-refractivity contribution in [3.05, 3.63) is 35.4 Å². The third-order valence-corrected chi connectivity index (χ3v) is 6.47. The molecule has 1 aliphatic heterocycles. The first kappa shape index (κ1) is 18.4. The summed E-state index contributed by atoms with van der Waals surface area (Å²) in [4.78, 5) is 12.1. The molecule has 0 bridgehead atoms. The molecule has 1 aliphatic rings. The maximum absolute atomic E-state index is 12.1. The number of carbonyl (C=O) groups excluding carboxylic acids is 1. The van der Waals surface area contributed by atoms with Crippen LogP contribution in [0.2, 0.25) is 0 Å². The Labute approximate surface area is 150 Å². The first-order valence-corrected chi connectivity index (χ1v) is 9.79. The van der Waals surface area contributed by atoms with Crippen molar-refractivity contribution < 1.29 is 9.53 Å². The smallest absolute Gasteiger partial charge is 0.269 e. The first-order valence-electron chi connectivity index (χ1n) is 7.29. The molecule has 23 heavy (non-hydrogen) atoms. The molecule has 1 aromatic carbocycles. The third kappa shape index (κ3) is 5.87. The van der Waals surface area contributed by atoms with Gasteiger partial charge < -0.3 is 10.1 Å². The maximum atomic E-state index is 12.1. The third-order valence-electron chi connectivity index (χ3n) is 3.15. The molecule has 8 heteroatoms. The van der Waals surface area contributed by atoms with Crippen LogP contribution in [0.25, 0.3) is 0 Å². The Morgan fingerprint density at radius 2 is 1.96 bits per heavy atom. The molecule has 1 fully saturated rings. The van der Waals surface area contributed by atoms with Crippen molar-refractivity contribution in [2.45, 2.75) is 17.5 Å². The molecule has 0 radical (unpaired) electrons. The van der Waals surface area contributed by atoms with Crippen molar-refractivity contribution in [1.82, 2.24) is 16.2 Å². The monoisotopic (exact) mass is 371 g/mol. The molecule has 1 amide bonds. The number of benzene rings is 1. The summed E-state index contributed by atoms with van der Waals surface area (Å²) in [5.74, 6) is 2.16. The molecule has 0 saturated carbocycles. The van der Waals surface area contributed by atoms with E-state index in [4.69, 9.17) is 17.0 Å². The minimum atomic E-state index is -0.216. The SMILES string of the molecule is COC[C@@H](C)NC(=S)NNC(=O)c1ccc(C2SCCS2)cc1. The van der Waals surface area contributed by atoms with E-state index in [9.17, 15) is 4.79 Å². The first-order chi connectivity index (χ1) is 11.1. The summed E-state index contributed by atoms with van der Waals surface area (Å²) in [7, 11) is 1.63. The van der Waals surface area contributed by atoms with Gasteiger partial charge in [0.25, 0.3) is 5.91 Å². The van der Waals surface area contributed by atoms with Crippen molar-refractivity contribution in [1.29, 1.82) is 0 Å². The van der Waals surface area contributed by atoms with Gasteiger partial charge in [-0.05, 0) is 36.8 Å². The second-order valence-corrected chi connectivity index (χ2v) is 8.24. The van der Waals surface area contributed by atoms with Crippen LogP contribution in [0.3, 0.4) is 0 Å². The zero-order chi connectivity index (χ0) is 16.7. The molecule has 3 N–H and O–H groups in total. The van der Waals surface area contributed by atoms with Gasteiger partial charge in [0.15, 0.2) is 5.11 Å². The summed E-state index contributed by atoms with van der Waals surface area (Å²) >= 11 is 9.00. The number of hydrazine groups is 1. The lowest BCUT2D eigenvalue weighted by Crippen LogP contribution is -2.49. The highest BCUT2D eigenvalue weighted by atomic mass is 32.2. The Bertz CT molecular complexity index is 533. The molecule has 126 valence electrons. The van der Waals surface area contributed by atoms with Crippen LogP contribution in [-0.2, 0) is 4.74 Å². The number of thiocarbonyl (C=S) groups is 1. The Balaban J connectivity index is 1.80. The summed E-state index contributed by atoms with van der Waals surface area (Å²) in [5.41, 5.74) is 7.14. The zero-order valence-corrected chi connectivity index (χ0v) is 15.6. The van der Waals surface area contributed by atoms with Gasteiger partial charge >= 0.3 is 0 Å². The highest BCUT2D eigenvalue weighted by molar-refractivity contribution is 8.19. The summed E-state index contributed by atoms with van der Waals surface area (Å²) in [6.45, 7) is 2.48. The number of methoxy groups -OCH3 is 1. The number of rotatable bonds is 5. The molecular formula is C15H21N3O2S3. The molecule has 2 rings (SSSR count). The van der Waals surface area contributed by atoms with Crippen LogP contribution >= 0.6 is 35.7 Å². The molecule has 0 unspecified atom stereocenters. The number of hydrogen-bond acceptors (Lipinski definition) is 5. The summed E-state index contributed by atoms with van der Waals surface area (Å²) < 4.78 is 5.50. The molecule has 0 spiro atoms. The predicted molar refractivity (Wildman–Crippen MR) is 102 cm³/mol. The van der Waals surface area contributed by atoms with Gasteiger partial charge in [-0.3, -0.25) is 15.6 Å². The zero-order valence-electron chi connectivity index (χ0n) is 13.1. The molecule has 0 aromatic heterocycles. The van der Waals surface area contributed by atoms with E-state index in [1.165, 1.54) is 17.1 Å². The number of thioether (sulfide) groups is 2. The summed E-state index contributed by atoms with van der Waals surface area (Å²) in [6.07, 6.45) is 0. The van der Waals surface area contributed by atoms with Gasteiger partial charge in [-0.2, -0.15) is 0 Å². The Morgan fingerprint density at radius 3 is 2.57 bits per heavy atom. The van der Waals surface area contributed by atoms with E-state index in [-0.39, 0.29) is 11.9 Å². The Hall–Kier alpha value is -0.960. The highest BCUT2D eigenvalue weighted by Gasteiger charge is 2.18. The standard InChI is InChI=1S/C15H21N3O2S3/c1-10(9-20-2)16-15(21)18-17-13(19)11-3-5-12(6-4-11)14-22-7-8-23-14/h3-6,10,14H,7-9H2,1-2H3,(H,17,19)(H2,16,18,21)/t10-/m1/s1.